The third kappa shape index (κ3) is 1.19. The Bertz CT molecular complexity index is 91.7. The van der Waals surface area contributed by atoms with Crippen LogP contribution in [0.4, 0.5) is 0 Å². The topological polar surface area (TPSA) is 38.0 Å². The van der Waals surface area contributed by atoms with E-state index in [1.165, 1.54) is 0 Å². The van der Waals surface area contributed by atoms with Gasteiger partial charge in [0.05, 0.1) is 6.17 Å². The minimum Gasteiger partial charge on any atom is -0.316 e. The third-order valence-electron chi connectivity index (χ3n) is 1.01. The molecule has 40 valence electrons. The summed E-state index contributed by atoms with van der Waals surface area (Å²) in [6, 6.07) is 0. The highest BCUT2D eigenvalue weighted by molar-refractivity contribution is 7.80. The zero-order valence-electron chi connectivity index (χ0n) is 3.98. The minimum atomic E-state index is 0.132. The van der Waals surface area contributed by atoms with Crippen LogP contribution in [0.2, 0.25) is 0 Å². The van der Waals surface area contributed by atoms with Gasteiger partial charge in [-0.25, -0.2) is 0 Å². The number of rotatable bonds is 0. The molecule has 0 aromatic carbocycles. The SMILES string of the molecule is NC1CC(=S)CN1. The predicted octanol–water partition coefficient (Wildman–Crippen LogP) is -0.366. The molecule has 0 radical (unpaired) electrons. The molecule has 1 fully saturated rings. The second kappa shape index (κ2) is 1.86. The molecule has 1 heterocycles. The van der Waals surface area contributed by atoms with Crippen LogP contribution in [-0.4, -0.2) is 17.6 Å². The van der Waals surface area contributed by atoms with Crippen molar-refractivity contribution in [3.05, 3.63) is 0 Å². The Kier molecular flexibility index (Phi) is 1.37. The molecule has 1 atom stereocenters. The Balaban J connectivity index is 2.40. The molecule has 1 saturated heterocycles. The van der Waals surface area contributed by atoms with Crippen LogP contribution in [0.5, 0.6) is 0 Å². The molecule has 7 heavy (non-hydrogen) atoms. The highest BCUT2D eigenvalue weighted by atomic mass is 32.1. The van der Waals surface area contributed by atoms with Crippen LogP contribution in [0.3, 0.4) is 0 Å². The molecule has 0 bridgehead atoms. The lowest BCUT2D eigenvalue weighted by molar-refractivity contribution is 0.638. The molecule has 1 aliphatic rings. The lowest BCUT2D eigenvalue weighted by atomic mass is 10.3. The molecule has 0 spiro atoms. The van der Waals surface area contributed by atoms with Gasteiger partial charge in [0, 0.05) is 17.8 Å². The first-order chi connectivity index (χ1) is 3.29. The van der Waals surface area contributed by atoms with Crippen molar-refractivity contribution in [2.24, 2.45) is 5.73 Å². The van der Waals surface area contributed by atoms with E-state index in [4.69, 9.17) is 18.0 Å². The van der Waals surface area contributed by atoms with Gasteiger partial charge in [-0.15, -0.1) is 0 Å². The van der Waals surface area contributed by atoms with E-state index in [9.17, 15) is 0 Å². The fourth-order valence-electron chi connectivity index (χ4n) is 0.635. The van der Waals surface area contributed by atoms with Gasteiger partial charge >= 0.3 is 0 Å². The van der Waals surface area contributed by atoms with Crippen molar-refractivity contribution in [2.75, 3.05) is 6.54 Å². The van der Waals surface area contributed by atoms with E-state index >= 15 is 0 Å². The maximum absolute atomic E-state index is 5.43. The van der Waals surface area contributed by atoms with Gasteiger partial charge in [-0.2, -0.15) is 0 Å². The first-order valence-electron chi connectivity index (χ1n) is 2.30. The summed E-state index contributed by atoms with van der Waals surface area (Å²) < 4.78 is 0. The molecular weight excluding hydrogens is 108 g/mol. The van der Waals surface area contributed by atoms with Crippen LogP contribution in [0, 0.1) is 0 Å². The number of thiocarbonyl (C=S) groups is 1. The van der Waals surface area contributed by atoms with Gasteiger partial charge in [0.15, 0.2) is 0 Å². The van der Waals surface area contributed by atoms with E-state index in [1.807, 2.05) is 0 Å². The first kappa shape index (κ1) is 5.15. The number of nitrogens with two attached hydrogens (primary N) is 1. The second-order valence-corrected chi connectivity index (χ2v) is 2.31. The highest BCUT2D eigenvalue weighted by Crippen LogP contribution is 1.95. The zero-order chi connectivity index (χ0) is 5.28. The van der Waals surface area contributed by atoms with Gasteiger partial charge in [-0.3, -0.25) is 5.32 Å². The van der Waals surface area contributed by atoms with Crippen molar-refractivity contribution in [1.82, 2.24) is 5.32 Å². The summed E-state index contributed by atoms with van der Waals surface area (Å²) in [4.78, 5) is 1.05. The smallest absolute Gasteiger partial charge is 0.0596 e. The van der Waals surface area contributed by atoms with E-state index in [0.717, 1.165) is 17.8 Å². The molecule has 0 aromatic rings. The molecule has 0 saturated carbocycles. The van der Waals surface area contributed by atoms with Crippen LogP contribution in [0.1, 0.15) is 6.42 Å². The Labute approximate surface area is 48.1 Å². The van der Waals surface area contributed by atoms with Gasteiger partial charge in [0.25, 0.3) is 0 Å². The van der Waals surface area contributed by atoms with E-state index in [-0.39, 0.29) is 6.17 Å². The van der Waals surface area contributed by atoms with Crippen molar-refractivity contribution in [2.45, 2.75) is 12.6 Å². The Morgan fingerprint density at radius 2 is 2.57 bits per heavy atom. The Morgan fingerprint density at radius 1 is 1.86 bits per heavy atom. The van der Waals surface area contributed by atoms with Crippen molar-refractivity contribution < 1.29 is 0 Å². The quantitative estimate of drug-likeness (QED) is 0.424. The van der Waals surface area contributed by atoms with Crippen molar-refractivity contribution in [3.8, 4) is 0 Å². The molecule has 0 aromatic heterocycles. The van der Waals surface area contributed by atoms with Crippen molar-refractivity contribution in [1.29, 1.82) is 0 Å². The summed E-state index contributed by atoms with van der Waals surface area (Å²) in [5, 5.41) is 3.01. The average molecular weight is 116 g/mol. The summed E-state index contributed by atoms with van der Waals surface area (Å²) in [5.41, 5.74) is 5.43. The van der Waals surface area contributed by atoms with E-state index in [2.05, 4.69) is 5.32 Å². The summed E-state index contributed by atoms with van der Waals surface area (Å²) in [7, 11) is 0. The molecule has 0 aliphatic carbocycles. The van der Waals surface area contributed by atoms with Gasteiger partial charge in [0.2, 0.25) is 0 Å². The standard InChI is InChI=1S/C4H8N2S/c5-4-1-3(7)2-6-4/h4,6H,1-2,5H2. The highest BCUT2D eigenvalue weighted by Gasteiger charge is 2.12. The number of hydrogen-bond acceptors (Lipinski definition) is 3. The molecule has 0 amide bonds. The van der Waals surface area contributed by atoms with Gasteiger partial charge in [-0.05, 0) is 0 Å². The lowest BCUT2D eigenvalue weighted by Crippen LogP contribution is -2.30. The van der Waals surface area contributed by atoms with Crippen molar-refractivity contribution >= 4 is 17.1 Å². The maximum atomic E-state index is 5.43. The first-order valence-corrected chi connectivity index (χ1v) is 2.70. The number of hydrogen-bond donors (Lipinski definition) is 2. The summed E-state index contributed by atoms with van der Waals surface area (Å²) in [6.07, 6.45) is 1.00. The molecule has 1 aliphatic heterocycles. The van der Waals surface area contributed by atoms with Crippen LogP contribution in [0.25, 0.3) is 0 Å². The number of nitrogens with one attached hydrogen (secondary N) is 1. The van der Waals surface area contributed by atoms with Crippen LogP contribution < -0.4 is 11.1 Å². The van der Waals surface area contributed by atoms with Gasteiger partial charge < -0.3 is 5.73 Å². The van der Waals surface area contributed by atoms with Crippen LogP contribution in [0.15, 0.2) is 0 Å². The predicted molar refractivity (Wildman–Crippen MR) is 33.2 cm³/mol. The normalized spacial score (nSPS) is 31.6. The summed E-state index contributed by atoms with van der Waals surface area (Å²) >= 11 is 4.85. The molecule has 1 rings (SSSR count). The molecular formula is C4H8N2S. The van der Waals surface area contributed by atoms with Crippen molar-refractivity contribution in [3.63, 3.8) is 0 Å². The Morgan fingerprint density at radius 3 is 2.71 bits per heavy atom. The fraction of sp³-hybridized carbons (Fsp3) is 0.750. The monoisotopic (exact) mass is 116 g/mol. The van der Waals surface area contributed by atoms with Gasteiger partial charge in [0.1, 0.15) is 0 Å². The largest absolute Gasteiger partial charge is 0.316 e. The Hall–Kier alpha value is 0.01000. The zero-order valence-corrected chi connectivity index (χ0v) is 4.79. The van der Waals surface area contributed by atoms with E-state index < -0.39 is 0 Å². The summed E-state index contributed by atoms with van der Waals surface area (Å²) in [5.74, 6) is 0. The minimum absolute atomic E-state index is 0.132. The van der Waals surface area contributed by atoms with E-state index in [0.29, 0.717) is 0 Å². The molecule has 1 unspecified atom stereocenters. The van der Waals surface area contributed by atoms with Crippen LogP contribution >= 0.6 is 12.2 Å². The molecule has 3 N–H and O–H groups in total. The summed E-state index contributed by atoms with van der Waals surface area (Å²) in [6.45, 7) is 0.830. The maximum Gasteiger partial charge on any atom is 0.0596 e. The average Bonchev–Trinajstić information content (AvgIpc) is 1.87. The van der Waals surface area contributed by atoms with Gasteiger partial charge in [-0.1, -0.05) is 12.2 Å². The second-order valence-electron chi connectivity index (χ2n) is 1.73. The molecule has 2 nitrogen and oxygen atoms in total. The van der Waals surface area contributed by atoms with Crippen LogP contribution in [-0.2, 0) is 0 Å². The molecule has 3 heteroatoms. The van der Waals surface area contributed by atoms with E-state index in [1.54, 1.807) is 0 Å². The third-order valence-corrected chi connectivity index (χ3v) is 1.32. The lowest BCUT2D eigenvalue weighted by Gasteiger charge is -1.95. The fourth-order valence-corrected chi connectivity index (χ4v) is 0.897.